The zero-order chi connectivity index (χ0) is 15.7. The molecule has 0 spiro atoms. The highest BCUT2D eigenvalue weighted by Crippen LogP contribution is 2.30. The van der Waals surface area contributed by atoms with Gasteiger partial charge < -0.3 is 15.5 Å². The van der Waals surface area contributed by atoms with Gasteiger partial charge in [0.05, 0.1) is 0 Å². The molecule has 1 aliphatic rings. The van der Waals surface area contributed by atoms with Crippen LogP contribution in [-0.2, 0) is 4.79 Å². The van der Waals surface area contributed by atoms with Crippen molar-refractivity contribution < 1.29 is 18.0 Å². The average Bonchev–Trinajstić information content (AvgIpc) is 2.35. The molecule has 1 rings (SSSR count). The van der Waals surface area contributed by atoms with Gasteiger partial charge in [0.2, 0.25) is 0 Å². The summed E-state index contributed by atoms with van der Waals surface area (Å²) < 4.78 is 38.4. The first-order valence-corrected chi connectivity index (χ1v) is 6.85. The Morgan fingerprint density at radius 2 is 1.75 bits per heavy atom. The average molecular weight is 295 g/mol. The zero-order valence-electron chi connectivity index (χ0n) is 12.5. The molecule has 0 saturated carbocycles. The molecule has 1 saturated heterocycles. The van der Waals surface area contributed by atoms with Gasteiger partial charge in [-0.15, -0.1) is 0 Å². The Morgan fingerprint density at radius 3 is 2.10 bits per heavy atom. The van der Waals surface area contributed by atoms with Crippen molar-refractivity contribution in [1.29, 1.82) is 0 Å². The van der Waals surface area contributed by atoms with E-state index in [0.717, 1.165) is 20.0 Å². The topological polar surface area (TPSA) is 49.6 Å². The number of alkyl halides is 3. The van der Waals surface area contributed by atoms with Gasteiger partial charge in [0.15, 0.2) is 5.54 Å². The van der Waals surface area contributed by atoms with Crippen LogP contribution < -0.4 is 5.73 Å². The second-order valence-electron chi connectivity index (χ2n) is 5.98. The molecule has 4 nitrogen and oxygen atoms in total. The number of likely N-dealkylation sites (N-methyl/N-ethyl adjacent to an activating group) is 1. The third-order valence-corrected chi connectivity index (χ3v) is 4.13. The smallest absolute Gasteiger partial charge is 0.341 e. The van der Waals surface area contributed by atoms with E-state index in [1.165, 1.54) is 11.9 Å². The molecule has 0 aromatic heterocycles. The Balaban J connectivity index is 2.68. The van der Waals surface area contributed by atoms with Crippen LogP contribution in [0.2, 0.25) is 0 Å². The molecule has 7 heteroatoms. The highest BCUT2D eigenvalue weighted by molar-refractivity contribution is 5.86. The van der Waals surface area contributed by atoms with Crippen molar-refractivity contribution in [3.63, 3.8) is 0 Å². The zero-order valence-corrected chi connectivity index (χ0v) is 12.5. The molecule has 0 aliphatic carbocycles. The number of hydrogen-bond donors (Lipinski definition) is 1. The van der Waals surface area contributed by atoms with Crippen LogP contribution in [0.3, 0.4) is 0 Å². The molecule has 1 fully saturated rings. The summed E-state index contributed by atoms with van der Waals surface area (Å²) in [5.41, 5.74) is 2.37. The Morgan fingerprint density at radius 1 is 1.30 bits per heavy atom. The van der Waals surface area contributed by atoms with Crippen molar-refractivity contribution in [1.82, 2.24) is 9.80 Å². The Bertz CT molecular complexity index is 347. The summed E-state index contributed by atoms with van der Waals surface area (Å²) in [6.07, 6.45) is -3.39. The highest BCUT2D eigenvalue weighted by atomic mass is 19.4. The number of piperidine rings is 1. The molecule has 1 atom stereocenters. The second-order valence-corrected chi connectivity index (χ2v) is 5.98. The summed E-state index contributed by atoms with van der Waals surface area (Å²) >= 11 is 0. The predicted octanol–water partition coefficient (Wildman–Crippen LogP) is 1.60. The normalized spacial score (nSPS) is 21.9. The maximum atomic E-state index is 12.8. The van der Waals surface area contributed by atoms with Gasteiger partial charge in [-0.2, -0.15) is 13.2 Å². The summed E-state index contributed by atoms with van der Waals surface area (Å²) in [7, 11) is 1.41. The monoisotopic (exact) mass is 295 g/mol. The number of likely N-dealkylation sites (tertiary alicyclic amines) is 1. The van der Waals surface area contributed by atoms with E-state index >= 15 is 0 Å². The van der Waals surface area contributed by atoms with Crippen LogP contribution in [0.4, 0.5) is 13.2 Å². The van der Waals surface area contributed by atoms with Gasteiger partial charge in [-0.1, -0.05) is 0 Å². The fourth-order valence-electron chi connectivity index (χ4n) is 2.44. The maximum absolute atomic E-state index is 12.8. The molecular formula is C13H24F3N3O. The maximum Gasteiger partial charge on any atom is 0.415 e. The van der Waals surface area contributed by atoms with E-state index in [9.17, 15) is 18.0 Å². The van der Waals surface area contributed by atoms with Gasteiger partial charge in [-0.25, -0.2) is 0 Å². The van der Waals surface area contributed by atoms with Crippen LogP contribution in [0, 0.1) is 0 Å². The lowest BCUT2D eigenvalue weighted by atomic mass is 9.97. The molecule has 1 unspecified atom stereocenters. The molecular weight excluding hydrogens is 271 g/mol. The van der Waals surface area contributed by atoms with Crippen LogP contribution in [-0.4, -0.2) is 59.6 Å². The third kappa shape index (κ3) is 3.44. The van der Waals surface area contributed by atoms with E-state index in [-0.39, 0.29) is 6.04 Å². The fourth-order valence-corrected chi connectivity index (χ4v) is 2.44. The molecule has 1 aliphatic heterocycles. The summed E-state index contributed by atoms with van der Waals surface area (Å²) in [6.45, 7) is 6.46. The number of hydrogen-bond acceptors (Lipinski definition) is 3. The van der Waals surface area contributed by atoms with E-state index in [0.29, 0.717) is 18.9 Å². The predicted molar refractivity (Wildman–Crippen MR) is 71.1 cm³/mol. The minimum Gasteiger partial charge on any atom is -0.341 e. The van der Waals surface area contributed by atoms with E-state index < -0.39 is 17.6 Å². The van der Waals surface area contributed by atoms with Gasteiger partial charge in [0.1, 0.15) is 0 Å². The van der Waals surface area contributed by atoms with Crippen LogP contribution in [0.5, 0.6) is 0 Å². The van der Waals surface area contributed by atoms with Crippen molar-refractivity contribution in [2.45, 2.75) is 57.4 Å². The summed E-state index contributed by atoms with van der Waals surface area (Å²) in [6, 6.07) is 0.231. The molecule has 0 bridgehead atoms. The van der Waals surface area contributed by atoms with Crippen molar-refractivity contribution in [2.24, 2.45) is 5.73 Å². The summed E-state index contributed by atoms with van der Waals surface area (Å²) in [5, 5.41) is 0. The molecule has 2 N–H and O–H groups in total. The Kier molecular flexibility index (Phi) is 5.08. The van der Waals surface area contributed by atoms with Crippen molar-refractivity contribution in [2.75, 3.05) is 20.1 Å². The van der Waals surface area contributed by atoms with Crippen LogP contribution >= 0.6 is 0 Å². The first-order valence-electron chi connectivity index (χ1n) is 6.85. The first kappa shape index (κ1) is 17.2. The largest absolute Gasteiger partial charge is 0.415 e. The quantitative estimate of drug-likeness (QED) is 0.860. The minimum atomic E-state index is -4.74. The van der Waals surface area contributed by atoms with Crippen molar-refractivity contribution in [3.8, 4) is 0 Å². The number of carbonyl (C=O) groups excluding carboxylic acids is 1. The number of carbonyl (C=O) groups is 1. The third-order valence-electron chi connectivity index (χ3n) is 4.13. The summed E-state index contributed by atoms with van der Waals surface area (Å²) in [4.78, 5) is 15.4. The van der Waals surface area contributed by atoms with Crippen LogP contribution in [0.1, 0.15) is 33.6 Å². The van der Waals surface area contributed by atoms with E-state index in [1.54, 1.807) is 0 Å². The summed E-state index contributed by atoms with van der Waals surface area (Å²) in [5.74, 6) is -1.06. The van der Waals surface area contributed by atoms with Gasteiger partial charge in [-0.05, 0) is 33.6 Å². The van der Waals surface area contributed by atoms with Crippen LogP contribution in [0.15, 0.2) is 0 Å². The molecule has 20 heavy (non-hydrogen) atoms. The lowest BCUT2D eigenvalue weighted by molar-refractivity contribution is -0.194. The number of halogens is 3. The number of nitrogens with zero attached hydrogens (tertiary/aromatic N) is 2. The van der Waals surface area contributed by atoms with Gasteiger partial charge in [0, 0.05) is 32.2 Å². The molecule has 1 heterocycles. The number of nitrogens with two attached hydrogens (primary N) is 1. The van der Waals surface area contributed by atoms with Gasteiger partial charge >= 0.3 is 6.18 Å². The standard InChI is InChI=1S/C13H24F3N3O/c1-9(2)19-7-5-10(6-8-19)18(4)11(20)12(3,17)13(14,15)16/h9-10H,5-8,17H2,1-4H3. The number of amides is 1. The first-order chi connectivity index (χ1) is 8.98. The van der Waals surface area contributed by atoms with Crippen molar-refractivity contribution in [3.05, 3.63) is 0 Å². The number of rotatable bonds is 3. The highest BCUT2D eigenvalue weighted by Gasteiger charge is 2.55. The molecule has 0 radical (unpaired) electrons. The molecule has 118 valence electrons. The van der Waals surface area contributed by atoms with E-state index in [4.69, 9.17) is 5.73 Å². The van der Waals surface area contributed by atoms with Crippen molar-refractivity contribution >= 4 is 5.91 Å². The van der Waals surface area contributed by atoms with E-state index in [2.05, 4.69) is 18.7 Å². The Labute approximate surface area is 118 Å². The fraction of sp³-hybridized carbons (Fsp3) is 0.923. The lowest BCUT2D eigenvalue weighted by Gasteiger charge is -2.41. The molecule has 1 amide bonds. The second kappa shape index (κ2) is 5.89. The lowest BCUT2D eigenvalue weighted by Crippen LogP contribution is -2.63. The minimum absolute atomic E-state index is 0.178. The molecule has 0 aromatic carbocycles. The van der Waals surface area contributed by atoms with E-state index in [1.807, 2.05) is 0 Å². The Hall–Kier alpha value is -0.820. The van der Waals surface area contributed by atoms with Gasteiger partial charge in [0.25, 0.3) is 5.91 Å². The SMILES string of the molecule is CC(C)N1CCC(N(C)C(=O)C(C)(N)C(F)(F)F)CC1. The van der Waals surface area contributed by atoms with Gasteiger partial charge in [-0.3, -0.25) is 4.79 Å². The molecule has 0 aromatic rings. The van der Waals surface area contributed by atoms with Crippen LogP contribution in [0.25, 0.3) is 0 Å².